The van der Waals surface area contributed by atoms with E-state index in [0.717, 1.165) is 19.2 Å². The Morgan fingerprint density at radius 3 is 2.50 bits per heavy atom. The zero-order chi connectivity index (χ0) is 18.7. The van der Waals surface area contributed by atoms with Crippen LogP contribution in [0.5, 0.6) is 0 Å². The fraction of sp³-hybridized carbons (Fsp3) is 0.333. The number of aromatic nitrogens is 1. The quantitative estimate of drug-likeness (QED) is 0.909. The second-order valence-electron chi connectivity index (χ2n) is 6.19. The lowest BCUT2D eigenvalue weighted by Gasteiger charge is -2.32. The van der Waals surface area contributed by atoms with Gasteiger partial charge in [0.1, 0.15) is 5.69 Å². The average Bonchev–Trinajstić information content (AvgIpc) is 2.61. The molecular weight excluding hydrogens is 345 g/mol. The summed E-state index contributed by atoms with van der Waals surface area (Å²) in [5, 5.41) is 2.75. The van der Waals surface area contributed by atoms with Gasteiger partial charge in [0.25, 0.3) is 5.91 Å². The zero-order valence-corrected chi connectivity index (χ0v) is 14.3. The Labute approximate surface area is 149 Å². The molecule has 0 unspecified atom stereocenters. The Balaban J connectivity index is 1.79. The Morgan fingerprint density at radius 1 is 1.12 bits per heavy atom. The van der Waals surface area contributed by atoms with Gasteiger partial charge in [-0.2, -0.15) is 13.2 Å². The van der Waals surface area contributed by atoms with Gasteiger partial charge in [0.15, 0.2) is 0 Å². The molecule has 5 nitrogen and oxygen atoms in total. The van der Waals surface area contributed by atoms with Gasteiger partial charge in [0.05, 0.1) is 11.3 Å². The lowest BCUT2D eigenvalue weighted by Crippen LogP contribution is -2.47. The number of nitrogens with one attached hydrogen (secondary N) is 1. The second kappa shape index (κ2) is 7.33. The van der Waals surface area contributed by atoms with Crippen LogP contribution in [0, 0.1) is 0 Å². The molecule has 2 aromatic rings. The smallest absolute Gasteiger partial charge is 0.355 e. The molecule has 2 heterocycles. The van der Waals surface area contributed by atoms with Crippen molar-refractivity contribution in [2.75, 3.05) is 38.5 Å². The molecule has 0 spiro atoms. The van der Waals surface area contributed by atoms with Crippen molar-refractivity contribution >= 4 is 17.3 Å². The second-order valence-corrected chi connectivity index (χ2v) is 6.19. The third-order valence-corrected chi connectivity index (χ3v) is 4.28. The van der Waals surface area contributed by atoms with Gasteiger partial charge in [-0.3, -0.25) is 9.78 Å². The molecule has 8 heteroatoms. The summed E-state index contributed by atoms with van der Waals surface area (Å²) in [5.74, 6) is -0.217. The fourth-order valence-electron chi connectivity index (χ4n) is 2.79. The molecule has 0 bridgehead atoms. The molecule has 3 rings (SSSR count). The molecule has 138 valence electrons. The summed E-state index contributed by atoms with van der Waals surface area (Å²) < 4.78 is 39.3. The number of anilines is 2. The minimum Gasteiger partial charge on any atom is -0.355 e. The molecule has 1 aromatic heterocycles. The average molecular weight is 364 g/mol. The maximum absolute atomic E-state index is 13.1. The number of halogens is 3. The van der Waals surface area contributed by atoms with Crippen molar-refractivity contribution in [1.29, 1.82) is 0 Å². The molecule has 1 amide bonds. The van der Waals surface area contributed by atoms with Crippen LogP contribution in [-0.2, 0) is 6.18 Å². The Hall–Kier alpha value is -2.61. The molecule has 1 aliphatic heterocycles. The van der Waals surface area contributed by atoms with Gasteiger partial charge in [0.2, 0.25) is 0 Å². The number of carbonyl (C=O) groups is 1. The Kier molecular flexibility index (Phi) is 5.13. The Morgan fingerprint density at radius 2 is 1.81 bits per heavy atom. The van der Waals surface area contributed by atoms with Gasteiger partial charge >= 0.3 is 6.18 Å². The standard InChI is InChI=1S/C18H19F3N4O/c1-24-8-10-25(11-9-24)17(26)16-12-13(6-7-22-16)23-15-5-3-2-4-14(15)18(19,20)21/h2-7,12H,8-11H2,1H3,(H,22,23). The Bertz CT molecular complexity index is 786. The molecule has 0 aliphatic carbocycles. The summed E-state index contributed by atoms with van der Waals surface area (Å²) in [6, 6.07) is 8.24. The maximum atomic E-state index is 13.1. The summed E-state index contributed by atoms with van der Waals surface area (Å²) >= 11 is 0. The molecule has 0 saturated carbocycles. The summed E-state index contributed by atoms with van der Waals surface area (Å²) in [6.45, 7) is 2.77. The molecule has 0 atom stereocenters. The molecule has 26 heavy (non-hydrogen) atoms. The van der Waals surface area contributed by atoms with E-state index in [-0.39, 0.29) is 17.3 Å². The largest absolute Gasteiger partial charge is 0.418 e. The summed E-state index contributed by atoms with van der Waals surface area (Å²) in [4.78, 5) is 20.5. The maximum Gasteiger partial charge on any atom is 0.418 e. The topological polar surface area (TPSA) is 48.5 Å². The van der Waals surface area contributed by atoms with Crippen LogP contribution in [0.1, 0.15) is 16.1 Å². The number of hydrogen-bond donors (Lipinski definition) is 1. The van der Waals surface area contributed by atoms with Crippen LogP contribution in [0.4, 0.5) is 24.5 Å². The monoisotopic (exact) mass is 364 g/mol. The number of benzene rings is 1. The van der Waals surface area contributed by atoms with Gasteiger partial charge in [0, 0.05) is 38.1 Å². The number of hydrogen-bond acceptors (Lipinski definition) is 4. The van der Waals surface area contributed by atoms with E-state index in [1.165, 1.54) is 36.5 Å². The number of carbonyl (C=O) groups excluding carboxylic acids is 1. The van der Waals surface area contributed by atoms with Crippen LogP contribution in [-0.4, -0.2) is 53.9 Å². The normalized spacial score (nSPS) is 15.8. The van der Waals surface area contributed by atoms with Crippen LogP contribution in [0.2, 0.25) is 0 Å². The summed E-state index contributed by atoms with van der Waals surface area (Å²) in [5.41, 5.74) is -0.230. The van der Waals surface area contributed by atoms with Crippen molar-refractivity contribution in [3.63, 3.8) is 0 Å². The first-order valence-corrected chi connectivity index (χ1v) is 8.22. The van der Waals surface area contributed by atoms with Crippen LogP contribution in [0.25, 0.3) is 0 Å². The van der Waals surface area contributed by atoms with Crippen LogP contribution >= 0.6 is 0 Å². The van der Waals surface area contributed by atoms with Crippen LogP contribution < -0.4 is 5.32 Å². The molecule has 1 N–H and O–H groups in total. The summed E-state index contributed by atoms with van der Waals surface area (Å²) in [6.07, 6.45) is -3.04. The van der Waals surface area contributed by atoms with Crippen molar-refractivity contribution in [2.45, 2.75) is 6.18 Å². The van der Waals surface area contributed by atoms with E-state index in [9.17, 15) is 18.0 Å². The highest BCUT2D eigenvalue weighted by molar-refractivity contribution is 5.93. The summed E-state index contributed by atoms with van der Waals surface area (Å²) in [7, 11) is 1.99. The van der Waals surface area contributed by atoms with Gasteiger partial charge in [-0.05, 0) is 31.3 Å². The predicted octanol–water partition coefficient (Wildman–Crippen LogP) is 3.23. The lowest BCUT2D eigenvalue weighted by atomic mass is 10.1. The molecule has 1 aliphatic rings. The number of alkyl halides is 3. The van der Waals surface area contributed by atoms with Crippen LogP contribution in [0.3, 0.4) is 0 Å². The van der Waals surface area contributed by atoms with Crippen molar-refractivity contribution < 1.29 is 18.0 Å². The number of piperazine rings is 1. The minimum atomic E-state index is -4.46. The van der Waals surface area contributed by atoms with E-state index in [4.69, 9.17) is 0 Å². The van der Waals surface area contributed by atoms with E-state index >= 15 is 0 Å². The molecule has 1 aromatic carbocycles. The van der Waals surface area contributed by atoms with Gasteiger partial charge in [-0.25, -0.2) is 0 Å². The first kappa shape index (κ1) is 18.2. The van der Waals surface area contributed by atoms with E-state index in [1.807, 2.05) is 7.05 Å². The van der Waals surface area contributed by atoms with Gasteiger partial charge < -0.3 is 15.1 Å². The highest BCUT2D eigenvalue weighted by atomic mass is 19.4. The van der Waals surface area contributed by atoms with Gasteiger partial charge in [-0.1, -0.05) is 12.1 Å². The third kappa shape index (κ3) is 4.13. The highest BCUT2D eigenvalue weighted by Gasteiger charge is 2.33. The number of pyridine rings is 1. The fourth-order valence-corrected chi connectivity index (χ4v) is 2.79. The SMILES string of the molecule is CN1CCN(C(=O)c2cc(Nc3ccccc3C(F)(F)F)ccn2)CC1. The first-order chi connectivity index (χ1) is 12.3. The number of rotatable bonds is 3. The number of para-hydroxylation sites is 1. The predicted molar refractivity (Wildman–Crippen MR) is 92.4 cm³/mol. The van der Waals surface area contributed by atoms with Crippen molar-refractivity contribution in [2.24, 2.45) is 0 Å². The number of nitrogens with zero attached hydrogens (tertiary/aromatic N) is 3. The van der Waals surface area contributed by atoms with Crippen molar-refractivity contribution in [3.8, 4) is 0 Å². The van der Waals surface area contributed by atoms with E-state index in [1.54, 1.807) is 4.90 Å². The van der Waals surface area contributed by atoms with Gasteiger partial charge in [-0.15, -0.1) is 0 Å². The molecule has 0 radical (unpaired) electrons. The first-order valence-electron chi connectivity index (χ1n) is 8.22. The van der Waals surface area contributed by atoms with E-state index < -0.39 is 11.7 Å². The van der Waals surface area contributed by atoms with E-state index in [2.05, 4.69) is 15.2 Å². The van der Waals surface area contributed by atoms with Crippen LogP contribution in [0.15, 0.2) is 42.6 Å². The minimum absolute atomic E-state index is 0.0656. The van der Waals surface area contributed by atoms with Crippen molar-refractivity contribution in [1.82, 2.24) is 14.8 Å². The lowest BCUT2D eigenvalue weighted by molar-refractivity contribution is -0.136. The molecular formula is C18H19F3N4O. The number of amides is 1. The zero-order valence-electron chi connectivity index (χ0n) is 14.3. The van der Waals surface area contributed by atoms with Crippen molar-refractivity contribution in [3.05, 3.63) is 53.9 Å². The molecule has 1 fully saturated rings. The number of likely N-dealkylation sites (N-methyl/N-ethyl adjacent to an activating group) is 1. The third-order valence-electron chi connectivity index (χ3n) is 4.28. The van der Waals surface area contributed by atoms with E-state index in [0.29, 0.717) is 18.8 Å². The molecule has 1 saturated heterocycles. The highest BCUT2D eigenvalue weighted by Crippen LogP contribution is 2.35.